The van der Waals surface area contributed by atoms with Crippen LogP contribution in [0.2, 0.25) is 0 Å². The van der Waals surface area contributed by atoms with Crippen LogP contribution in [0.5, 0.6) is 5.75 Å². The minimum absolute atomic E-state index is 0.00528. The monoisotopic (exact) mass is 316 g/mol. The molecule has 22 heavy (non-hydrogen) atoms. The molecule has 0 heterocycles. The van der Waals surface area contributed by atoms with Crippen LogP contribution in [-0.4, -0.2) is 21.3 Å². The largest absolute Gasteiger partial charge is 0.497 e. The zero-order valence-corrected chi connectivity index (χ0v) is 13.6. The first kappa shape index (κ1) is 16.3. The van der Waals surface area contributed by atoms with Gasteiger partial charge in [0.2, 0.25) is 0 Å². The molecule has 116 valence electrons. The first-order chi connectivity index (χ1) is 10.5. The molecule has 2 aromatic rings. The zero-order valence-electron chi connectivity index (χ0n) is 12.8. The van der Waals surface area contributed by atoms with Gasteiger partial charge in [0.25, 0.3) is 0 Å². The second-order valence-corrected chi connectivity index (χ2v) is 7.12. The molecule has 0 aliphatic heterocycles. The van der Waals surface area contributed by atoms with E-state index in [1.54, 1.807) is 43.5 Å². The second kappa shape index (κ2) is 7.27. The normalized spacial score (nSPS) is 13.2. The van der Waals surface area contributed by atoms with Crippen molar-refractivity contribution in [1.82, 2.24) is 0 Å². The molecule has 0 aromatic heterocycles. The van der Waals surface area contributed by atoms with Crippen molar-refractivity contribution in [2.24, 2.45) is 0 Å². The van der Waals surface area contributed by atoms with Crippen molar-refractivity contribution in [3.63, 3.8) is 0 Å². The van der Waals surface area contributed by atoms with E-state index in [2.05, 4.69) is 0 Å². The van der Waals surface area contributed by atoms with Gasteiger partial charge >= 0.3 is 0 Å². The highest BCUT2D eigenvalue weighted by Crippen LogP contribution is 2.21. The number of hydrogen-bond acceptors (Lipinski definition) is 3. The SMILES string of the molecule is COc1cccc(C(C)/C=C\CS(=O)(=O)c2ccccc2)c1. The lowest BCUT2D eigenvalue weighted by molar-refractivity contribution is 0.414. The summed E-state index contributed by atoms with van der Waals surface area (Å²) in [6, 6.07) is 16.3. The van der Waals surface area contributed by atoms with Crippen LogP contribution in [0, 0.1) is 0 Å². The van der Waals surface area contributed by atoms with Crippen molar-refractivity contribution >= 4 is 9.84 Å². The maximum absolute atomic E-state index is 12.2. The smallest absolute Gasteiger partial charge is 0.181 e. The van der Waals surface area contributed by atoms with Crippen LogP contribution < -0.4 is 4.74 Å². The van der Waals surface area contributed by atoms with Crippen molar-refractivity contribution in [1.29, 1.82) is 0 Å². The zero-order chi connectivity index (χ0) is 16.0. The Balaban J connectivity index is 2.05. The van der Waals surface area contributed by atoms with Gasteiger partial charge in [-0.1, -0.05) is 49.4 Å². The number of methoxy groups -OCH3 is 1. The minimum atomic E-state index is -3.26. The highest BCUT2D eigenvalue weighted by Gasteiger charge is 2.11. The van der Waals surface area contributed by atoms with E-state index in [9.17, 15) is 8.42 Å². The fraction of sp³-hybridized carbons (Fsp3) is 0.222. The van der Waals surface area contributed by atoms with Crippen LogP contribution in [-0.2, 0) is 9.84 Å². The first-order valence-electron chi connectivity index (χ1n) is 7.11. The molecule has 2 aromatic carbocycles. The molecule has 0 amide bonds. The van der Waals surface area contributed by atoms with Crippen molar-refractivity contribution in [3.8, 4) is 5.75 Å². The van der Waals surface area contributed by atoms with Crippen LogP contribution in [0.4, 0.5) is 0 Å². The molecule has 1 atom stereocenters. The molecule has 0 bridgehead atoms. The average molecular weight is 316 g/mol. The Labute approximate surface area is 132 Å². The lowest BCUT2D eigenvalue weighted by Crippen LogP contribution is -2.04. The van der Waals surface area contributed by atoms with E-state index in [0.29, 0.717) is 4.90 Å². The Morgan fingerprint density at radius 1 is 1.09 bits per heavy atom. The summed E-state index contributed by atoms with van der Waals surface area (Å²) in [6.45, 7) is 2.03. The minimum Gasteiger partial charge on any atom is -0.497 e. The summed E-state index contributed by atoms with van der Waals surface area (Å²) in [5.41, 5.74) is 1.09. The summed E-state index contributed by atoms with van der Waals surface area (Å²) < 4.78 is 29.6. The molecule has 0 saturated carbocycles. The van der Waals surface area contributed by atoms with Crippen molar-refractivity contribution < 1.29 is 13.2 Å². The molecule has 0 aliphatic rings. The standard InChI is InChI=1S/C18H20O3S/c1-15(16-9-6-10-17(14-16)21-2)8-7-13-22(19,20)18-11-4-3-5-12-18/h3-12,14-15H,13H2,1-2H3/b8-7-. The molecule has 0 saturated heterocycles. The third kappa shape index (κ3) is 4.21. The number of sulfone groups is 1. The Hall–Kier alpha value is -2.07. The van der Waals surface area contributed by atoms with Gasteiger partial charge in [-0.2, -0.15) is 0 Å². The Kier molecular flexibility index (Phi) is 5.39. The Morgan fingerprint density at radius 2 is 1.82 bits per heavy atom. The summed E-state index contributed by atoms with van der Waals surface area (Å²) in [5, 5.41) is 0. The molecule has 0 radical (unpaired) electrons. The van der Waals surface area contributed by atoms with E-state index in [0.717, 1.165) is 11.3 Å². The van der Waals surface area contributed by atoms with Crippen LogP contribution in [0.1, 0.15) is 18.4 Å². The molecule has 0 spiro atoms. The van der Waals surface area contributed by atoms with E-state index in [-0.39, 0.29) is 11.7 Å². The van der Waals surface area contributed by atoms with Crippen LogP contribution in [0.15, 0.2) is 71.6 Å². The van der Waals surface area contributed by atoms with Gasteiger partial charge < -0.3 is 4.74 Å². The summed E-state index contributed by atoms with van der Waals surface area (Å²) in [7, 11) is -1.63. The summed E-state index contributed by atoms with van der Waals surface area (Å²) >= 11 is 0. The maximum Gasteiger partial charge on any atom is 0.181 e. The van der Waals surface area contributed by atoms with Crippen LogP contribution in [0.3, 0.4) is 0 Å². The predicted molar refractivity (Wildman–Crippen MR) is 89.0 cm³/mol. The van der Waals surface area contributed by atoms with Gasteiger partial charge in [-0.05, 0) is 35.7 Å². The number of benzene rings is 2. The number of hydrogen-bond donors (Lipinski definition) is 0. The Bertz CT molecular complexity index is 734. The maximum atomic E-state index is 12.2. The molecule has 0 fully saturated rings. The average Bonchev–Trinajstić information content (AvgIpc) is 2.55. The second-order valence-electron chi connectivity index (χ2n) is 5.09. The lowest BCUT2D eigenvalue weighted by Gasteiger charge is -2.08. The van der Waals surface area contributed by atoms with E-state index in [4.69, 9.17) is 4.74 Å². The van der Waals surface area contributed by atoms with Gasteiger partial charge in [-0.25, -0.2) is 8.42 Å². The van der Waals surface area contributed by atoms with E-state index in [1.807, 2.05) is 37.3 Å². The molecule has 3 nitrogen and oxygen atoms in total. The van der Waals surface area contributed by atoms with E-state index < -0.39 is 9.84 Å². The van der Waals surface area contributed by atoms with Gasteiger partial charge in [0.1, 0.15) is 5.75 Å². The molecule has 4 heteroatoms. The summed E-state index contributed by atoms with van der Waals surface area (Å²) in [4.78, 5) is 0.355. The molecule has 1 unspecified atom stereocenters. The van der Waals surface area contributed by atoms with Crippen LogP contribution in [0.25, 0.3) is 0 Å². The fourth-order valence-corrected chi connectivity index (χ4v) is 3.28. The highest BCUT2D eigenvalue weighted by atomic mass is 32.2. The molecule has 0 N–H and O–H groups in total. The number of rotatable bonds is 6. The topological polar surface area (TPSA) is 43.4 Å². The molecule has 2 rings (SSSR count). The quantitative estimate of drug-likeness (QED) is 0.761. The van der Waals surface area contributed by atoms with Gasteiger partial charge in [0, 0.05) is 0 Å². The van der Waals surface area contributed by atoms with Gasteiger partial charge in [-0.3, -0.25) is 0 Å². The third-order valence-electron chi connectivity index (χ3n) is 3.46. The fourth-order valence-electron chi connectivity index (χ4n) is 2.15. The van der Waals surface area contributed by atoms with Gasteiger partial charge in [0.15, 0.2) is 9.84 Å². The number of ether oxygens (including phenoxy) is 1. The first-order valence-corrected chi connectivity index (χ1v) is 8.76. The molecular weight excluding hydrogens is 296 g/mol. The van der Waals surface area contributed by atoms with Gasteiger partial charge in [0.05, 0.1) is 17.8 Å². The van der Waals surface area contributed by atoms with E-state index >= 15 is 0 Å². The Morgan fingerprint density at radius 3 is 2.50 bits per heavy atom. The third-order valence-corrected chi connectivity index (χ3v) is 5.08. The molecular formula is C18H20O3S. The highest BCUT2D eigenvalue weighted by molar-refractivity contribution is 7.91. The van der Waals surface area contributed by atoms with E-state index in [1.165, 1.54) is 0 Å². The summed E-state index contributed by atoms with van der Waals surface area (Å²) in [5.74, 6) is 0.932. The van der Waals surface area contributed by atoms with Crippen molar-refractivity contribution in [2.75, 3.05) is 12.9 Å². The summed E-state index contributed by atoms with van der Waals surface area (Å²) in [6.07, 6.45) is 3.63. The molecule has 0 aliphatic carbocycles. The van der Waals surface area contributed by atoms with Crippen LogP contribution >= 0.6 is 0 Å². The van der Waals surface area contributed by atoms with Crippen molar-refractivity contribution in [2.45, 2.75) is 17.7 Å². The lowest BCUT2D eigenvalue weighted by atomic mass is 10.0. The number of allylic oxidation sites excluding steroid dienone is 1. The van der Waals surface area contributed by atoms with Gasteiger partial charge in [-0.15, -0.1) is 0 Å². The predicted octanol–water partition coefficient (Wildman–Crippen LogP) is 3.83. The van der Waals surface area contributed by atoms with Crippen molar-refractivity contribution in [3.05, 3.63) is 72.3 Å².